The highest BCUT2D eigenvalue weighted by molar-refractivity contribution is 5.94. The molecule has 0 aliphatic rings. The first-order valence-corrected chi connectivity index (χ1v) is 8.94. The second-order valence-corrected chi connectivity index (χ2v) is 6.40. The lowest BCUT2D eigenvalue weighted by molar-refractivity contribution is -0.394. The fourth-order valence-electron chi connectivity index (χ4n) is 2.53. The summed E-state index contributed by atoms with van der Waals surface area (Å²) in [4.78, 5) is 32.5. The fraction of sp³-hybridized carbons (Fsp3) is 0.0476. The highest BCUT2D eigenvalue weighted by Gasteiger charge is 2.21. The van der Waals surface area contributed by atoms with Crippen LogP contribution >= 0.6 is 0 Å². The number of aryl methyl sites for hydroxylation is 1. The minimum absolute atomic E-state index is 0.123. The molecular formula is C21H16N4O6. The first-order chi connectivity index (χ1) is 14.8. The molecule has 0 bridgehead atoms. The molecule has 0 atom stereocenters. The van der Waals surface area contributed by atoms with E-state index in [0.29, 0.717) is 11.1 Å². The van der Waals surface area contributed by atoms with E-state index in [4.69, 9.17) is 4.74 Å². The van der Waals surface area contributed by atoms with Crippen LogP contribution in [-0.2, 0) is 0 Å². The minimum Gasteiger partial charge on any atom is -0.450 e. The smallest absolute Gasteiger partial charge is 0.318 e. The van der Waals surface area contributed by atoms with Crippen LogP contribution in [-0.4, -0.2) is 22.0 Å². The number of amides is 1. The zero-order valence-corrected chi connectivity index (χ0v) is 16.2. The van der Waals surface area contributed by atoms with E-state index in [-0.39, 0.29) is 17.4 Å². The van der Waals surface area contributed by atoms with E-state index in [1.54, 1.807) is 36.4 Å². The number of ether oxygens (including phenoxy) is 1. The lowest BCUT2D eigenvalue weighted by atomic mass is 10.1. The van der Waals surface area contributed by atoms with E-state index >= 15 is 0 Å². The lowest BCUT2D eigenvalue weighted by Gasteiger charge is -2.06. The molecule has 1 amide bonds. The van der Waals surface area contributed by atoms with Crippen molar-refractivity contribution in [1.82, 2.24) is 5.43 Å². The van der Waals surface area contributed by atoms with Crippen LogP contribution in [0.2, 0.25) is 0 Å². The van der Waals surface area contributed by atoms with Crippen LogP contribution in [0.25, 0.3) is 0 Å². The Hall–Kier alpha value is -4.60. The topological polar surface area (TPSA) is 137 Å². The molecule has 156 valence electrons. The number of nitro benzene ring substituents is 2. The zero-order chi connectivity index (χ0) is 22.4. The van der Waals surface area contributed by atoms with Crippen molar-refractivity contribution >= 4 is 23.5 Å². The Morgan fingerprint density at radius 1 is 0.968 bits per heavy atom. The van der Waals surface area contributed by atoms with Gasteiger partial charge in [-0.25, -0.2) is 5.43 Å². The summed E-state index contributed by atoms with van der Waals surface area (Å²) >= 11 is 0. The van der Waals surface area contributed by atoms with Gasteiger partial charge in [-0.05, 0) is 55.0 Å². The summed E-state index contributed by atoms with van der Waals surface area (Å²) in [6.45, 7) is 1.92. The summed E-state index contributed by atoms with van der Waals surface area (Å²) in [5.74, 6) is -0.179. The Bertz CT molecular complexity index is 1160. The van der Waals surface area contributed by atoms with Gasteiger partial charge in [0.15, 0.2) is 0 Å². The Morgan fingerprint density at radius 3 is 2.26 bits per heavy atom. The Labute approximate surface area is 176 Å². The average Bonchev–Trinajstić information content (AvgIpc) is 2.75. The molecule has 3 rings (SSSR count). The van der Waals surface area contributed by atoms with Gasteiger partial charge in [0.05, 0.1) is 22.1 Å². The van der Waals surface area contributed by atoms with Gasteiger partial charge in [-0.15, -0.1) is 0 Å². The van der Waals surface area contributed by atoms with E-state index in [1.807, 2.05) is 19.1 Å². The van der Waals surface area contributed by atoms with Gasteiger partial charge in [-0.2, -0.15) is 5.10 Å². The summed E-state index contributed by atoms with van der Waals surface area (Å²) in [5, 5.41) is 25.9. The van der Waals surface area contributed by atoms with Gasteiger partial charge in [0, 0.05) is 11.6 Å². The molecule has 0 fully saturated rings. The summed E-state index contributed by atoms with van der Waals surface area (Å²) in [6.07, 6.45) is 1.43. The molecule has 0 saturated heterocycles. The summed E-state index contributed by atoms with van der Waals surface area (Å²) < 4.78 is 5.49. The minimum atomic E-state index is -0.750. The van der Waals surface area contributed by atoms with Gasteiger partial charge in [0.1, 0.15) is 5.75 Å². The van der Waals surface area contributed by atoms with Crippen molar-refractivity contribution in [2.24, 2.45) is 5.10 Å². The third-order valence-corrected chi connectivity index (χ3v) is 4.15. The average molecular weight is 420 g/mol. The largest absolute Gasteiger partial charge is 0.450 e. The van der Waals surface area contributed by atoms with Crippen LogP contribution in [0.5, 0.6) is 11.5 Å². The maximum Gasteiger partial charge on any atom is 0.318 e. The highest BCUT2D eigenvalue weighted by Crippen LogP contribution is 2.34. The van der Waals surface area contributed by atoms with Gasteiger partial charge in [-0.1, -0.05) is 17.7 Å². The van der Waals surface area contributed by atoms with Crippen molar-refractivity contribution in [2.45, 2.75) is 6.92 Å². The van der Waals surface area contributed by atoms with Crippen molar-refractivity contribution < 1.29 is 19.4 Å². The van der Waals surface area contributed by atoms with Crippen molar-refractivity contribution in [3.05, 3.63) is 104 Å². The van der Waals surface area contributed by atoms with E-state index in [2.05, 4.69) is 10.5 Å². The number of carbonyl (C=O) groups is 1. The molecule has 3 aromatic carbocycles. The second kappa shape index (κ2) is 9.27. The number of hydrogen-bond donors (Lipinski definition) is 1. The molecule has 0 aliphatic carbocycles. The Balaban J connectivity index is 1.66. The quantitative estimate of drug-likeness (QED) is 0.342. The molecule has 0 radical (unpaired) electrons. The highest BCUT2D eigenvalue weighted by atomic mass is 16.6. The first kappa shape index (κ1) is 21.1. The number of non-ortho nitro benzene ring substituents is 1. The molecule has 0 aliphatic heterocycles. The molecule has 0 spiro atoms. The molecule has 3 aromatic rings. The fourth-order valence-corrected chi connectivity index (χ4v) is 2.53. The van der Waals surface area contributed by atoms with Crippen molar-refractivity contribution in [3.63, 3.8) is 0 Å². The normalized spacial score (nSPS) is 10.6. The molecule has 0 aromatic heterocycles. The van der Waals surface area contributed by atoms with Gasteiger partial charge >= 0.3 is 5.69 Å². The van der Waals surface area contributed by atoms with Crippen LogP contribution in [0.3, 0.4) is 0 Å². The third-order valence-electron chi connectivity index (χ3n) is 4.15. The maximum absolute atomic E-state index is 12.0. The summed E-state index contributed by atoms with van der Waals surface area (Å²) in [7, 11) is 0. The van der Waals surface area contributed by atoms with Gasteiger partial charge in [-0.3, -0.25) is 25.0 Å². The predicted octanol–water partition coefficient (Wildman–Crippen LogP) is 4.37. The standard InChI is InChI=1S/C21H16N4O6/c1-14-2-6-16(7-3-14)21(26)23-22-13-15-4-9-18(10-5-15)31-20-11-8-17(24(27)28)12-19(20)25(29)30/h2-13H,1H3,(H,23,26)/b22-13-. The van der Waals surface area contributed by atoms with E-state index < -0.39 is 21.2 Å². The van der Waals surface area contributed by atoms with Crippen LogP contribution in [0.15, 0.2) is 71.8 Å². The number of carbonyl (C=O) groups excluding carboxylic acids is 1. The first-order valence-electron chi connectivity index (χ1n) is 8.94. The number of rotatable bonds is 7. The molecule has 31 heavy (non-hydrogen) atoms. The number of benzene rings is 3. The van der Waals surface area contributed by atoms with Crippen LogP contribution in [0.1, 0.15) is 21.5 Å². The van der Waals surface area contributed by atoms with Crippen molar-refractivity contribution in [3.8, 4) is 11.5 Å². The summed E-state index contributed by atoms with van der Waals surface area (Å²) in [5.41, 5.74) is 3.68. The van der Waals surface area contributed by atoms with Gasteiger partial charge < -0.3 is 4.74 Å². The Morgan fingerprint density at radius 2 is 1.65 bits per heavy atom. The lowest BCUT2D eigenvalue weighted by Crippen LogP contribution is -2.17. The molecular weight excluding hydrogens is 404 g/mol. The maximum atomic E-state index is 12.0. The predicted molar refractivity (Wildman–Crippen MR) is 113 cm³/mol. The van der Waals surface area contributed by atoms with Crippen molar-refractivity contribution in [2.75, 3.05) is 0 Å². The molecule has 0 heterocycles. The molecule has 10 heteroatoms. The van der Waals surface area contributed by atoms with Gasteiger partial charge in [0.25, 0.3) is 11.6 Å². The van der Waals surface area contributed by atoms with Crippen LogP contribution in [0, 0.1) is 27.2 Å². The van der Waals surface area contributed by atoms with Crippen LogP contribution < -0.4 is 10.2 Å². The van der Waals surface area contributed by atoms with E-state index in [9.17, 15) is 25.0 Å². The van der Waals surface area contributed by atoms with E-state index in [1.165, 1.54) is 12.3 Å². The molecule has 0 saturated carbocycles. The molecule has 1 N–H and O–H groups in total. The second-order valence-electron chi connectivity index (χ2n) is 6.40. The summed E-state index contributed by atoms with van der Waals surface area (Å²) in [6, 6.07) is 16.6. The zero-order valence-electron chi connectivity index (χ0n) is 16.2. The van der Waals surface area contributed by atoms with E-state index in [0.717, 1.165) is 17.7 Å². The monoisotopic (exact) mass is 420 g/mol. The third kappa shape index (κ3) is 5.48. The number of nitro groups is 2. The number of nitrogens with zero attached hydrogens (tertiary/aromatic N) is 3. The van der Waals surface area contributed by atoms with Crippen molar-refractivity contribution in [1.29, 1.82) is 0 Å². The molecule has 0 unspecified atom stereocenters. The van der Waals surface area contributed by atoms with Crippen LogP contribution in [0.4, 0.5) is 11.4 Å². The SMILES string of the molecule is Cc1ccc(C(=O)N/N=C\c2ccc(Oc3ccc([N+](=O)[O-])cc3[N+](=O)[O-])cc2)cc1. The van der Waals surface area contributed by atoms with Gasteiger partial charge in [0.2, 0.25) is 5.75 Å². The number of hydrogen-bond acceptors (Lipinski definition) is 7. The number of hydrazone groups is 1. The Kier molecular flexibility index (Phi) is 6.31. The molecule has 10 nitrogen and oxygen atoms in total. The number of nitrogens with one attached hydrogen (secondary N) is 1.